The second-order valence-corrected chi connectivity index (χ2v) is 7.78. The molecule has 1 aliphatic heterocycles. The highest BCUT2D eigenvalue weighted by molar-refractivity contribution is 7.09. The molecule has 0 aromatic carbocycles. The van der Waals surface area contributed by atoms with Crippen LogP contribution in [-0.2, 0) is 4.74 Å². The van der Waals surface area contributed by atoms with Gasteiger partial charge in [0.15, 0.2) is 0 Å². The van der Waals surface area contributed by atoms with Crippen molar-refractivity contribution < 1.29 is 14.6 Å². The number of likely N-dealkylation sites (tertiary alicyclic amines) is 1. The zero-order valence-electron chi connectivity index (χ0n) is 13.7. The monoisotopic (exact) mass is 328 g/mol. The van der Waals surface area contributed by atoms with Gasteiger partial charge in [-0.3, -0.25) is 0 Å². The summed E-state index contributed by atoms with van der Waals surface area (Å²) in [5, 5.41) is 14.1. The number of aromatic nitrogens is 2. The molecule has 0 atom stereocenters. The van der Waals surface area contributed by atoms with E-state index in [1.807, 2.05) is 34.6 Å². The molecule has 0 bridgehead atoms. The molecule has 2 N–H and O–H groups in total. The summed E-state index contributed by atoms with van der Waals surface area (Å²) in [4.78, 5) is 17.7. The number of β-amino-alcohol motifs (C(OH)–C–C–N with tert-alkyl or cyclic N) is 1. The van der Waals surface area contributed by atoms with Gasteiger partial charge in [0.25, 0.3) is 0 Å². The van der Waals surface area contributed by atoms with Gasteiger partial charge >= 0.3 is 6.09 Å². The van der Waals surface area contributed by atoms with Crippen molar-refractivity contribution in [3.8, 4) is 0 Å². The number of nitrogens with zero attached hydrogens (tertiary/aromatic N) is 3. The third-order valence-electron chi connectivity index (χ3n) is 3.15. The summed E-state index contributed by atoms with van der Waals surface area (Å²) in [5.74, 6) is 1.07. The zero-order chi connectivity index (χ0) is 16.5. The Hall–Kier alpha value is -1.41. The van der Waals surface area contributed by atoms with Crippen molar-refractivity contribution in [3.63, 3.8) is 0 Å². The Morgan fingerprint density at radius 2 is 2.14 bits per heavy atom. The van der Waals surface area contributed by atoms with E-state index in [-0.39, 0.29) is 19.0 Å². The van der Waals surface area contributed by atoms with E-state index in [0.29, 0.717) is 11.7 Å². The molecule has 0 saturated carbocycles. The molecule has 8 heteroatoms. The highest BCUT2D eigenvalue weighted by atomic mass is 32.1. The molecule has 2 heterocycles. The molecule has 22 heavy (non-hydrogen) atoms. The van der Waals surface area contributed by atoms with E-state index in [9.17, 15) is 9.90 Å². The lowest BCUT2D eigenvalue weighted by molar-refractivity contribution is -0.0895. The van der Waals surface area contributed by atoms with Gasteiger partial charge in [0.2, 0.25) is 5.13 Å². The molecule has 0 spiro atoms. The SMILES string of the molecule is CC(C)c1nsc(NCC2(O)CN(C(=O)OC(C)(C)C)C2)n1. The van der Waals surface area contributed by atoms with Crippen LogP contribution in [-0.4, -0.2) is 56.3 Å². The largest absolute Gasteiger partial charge is 0.444 e. The first-order valence-corrected chi connectivity index (χ1v) is 8.13. The van der Waals surface area contributed by atoms with Crippen molar-refractivity contribution in [2.24, 2.45) is 0 Å². The Morgan fingerprint density at radius 1 is 1.50 bits per heavy atom. The van der Waals surface area contributed by atoms with Gasteiger partial charge < -0.3 is 20.1 Å². The maximum atomic E-state index is 11.8. The molecule has 7 nitrogen and oxygen atoms in total. The smallest absolute Gasteiger partial charge is 0.410 e. The Bertz CT molecular complexity index is 532. The molecule has 1 amide bonds. The molecule has 1 saturated heterocycles. The second-order valence-electron chi connectivity index (χ2n) is 7.03. The molecule has 1 fully saturated rings. The van der Waals surface area contributed by atoms with Crippen molar-refractivity contribution in [1.82, 2.24) is 14.3 Å². The van der Waals surface area contributed by atoms with Crippen LogP contribution >= 0.6 is 11.5 Å². The first-order valence-electron chi connectivity index (χ1n) is 7.36. The quantitative estimate of drug-likeness (QED) is 0.879. The van der Waals surface area contributed by atoms with Gasteiger partial charge in [-0.05, 0) is 20.8 Å². The average molecular weight is 328 g/mol. The normalized spacial score (nSPS) is 17.3. The van der Waals surface area contributed by atoms with Gasteiger partial charge in [-0.2, -0.15) is 4.37 Å². The summed E-state index contributed by atoms with van der Waals surface area (Å²) in [7, 11) is 0. The molecular weight excluding hydrogens is 304 g/mol. The lowest BCUT2D eigenvalue weighted by Gasteiger charge is -2.46. The number of hydrogen-bond donors (Lipinski definition) is 2. The minimum absolute atomic E-state index is 0.255. The summed E-state index contributed by atoms with van der Waals surface area (Å²) in [6.07, 6.45) is -0.393. The standard InChI is InChI=1S/C14H24N4O3S/c1-9(2)10-16-11(22-17-10)15-6-14(20)7-18(8-14)12(19)21-13(3,4)5/h9,20H,6-8H2,1-5H3,(H,15,16,17). The van der Waals surface area contributed by atoms with Crippen molar-refractivity contribution in [2.45, 2.75) is 51.7 Å². The van der Waals surface area contributed by atoms with Crippen molar-refractivity contribution in [3.05, 3.63) is 5.82 Å². The van der Waals surface area contributed by atoms with E-state index in [0.717, 1.165) is 5.82 Å². The van der Waals surface area contributed by atoms with Gasteiger partial charge in [-0.25, -0.2) is 9.78 Å². The zero-order valence-corrected chi connectivity index (χ0v) is 14.5. The fraction of sp³-hybridized carbons (Fsp3) is 0.786. The maximum Gasteiger partial charge on any atom is 0.410 e. The van der Waals surface area contributed by atoms with Crippen LogP contribution in [0.3, 0.4) is 0 Å². The Morgan fingerprint density at radius 3 is 2.64 bits per heavy atom. The van der Waals surface area contributed by atoms with E-state index < -0.39 is 17.3 Å². The minimum Gasteiger partial charge on any atom is -0.444 e. The minimum atomic E-state index is -0.944. The molecular formula is C14H24N4O3S. The fourth-order valence-corrected chi connectivity index (χ4v) is 2.72. The van der Waals surface area contributed by atoms with E-state index in [4.69, 9.17) is 4.74 Å². The number of carbonyl (C=O) groups excluding carboxylic acids is 1. The summed E-state index contributed by atoms with van der Waals surface area (Å²) >= 11 is 1.28. The average Bonchev–Trinajstić information content (AvgIpc) is 2.79. The highest BCUT2D eigenvalue weighted by Crippen LogP contribution is 2.25. The lowest BCUT2D eigenvalue weighted by Crippen LogP contribution is -2.66. The van der Waals surface area contributed by atoms with Crippen molar-refractivity contribution in [1.29, 1.82) is 0 Å². The predicted octanol–water partition coefficient (Wildman–Crippen LogP) is 2.06. The molecule has 2 rings (SSSR count). The van der Waals surface area contributed by atoms with Gasteiger partial charge in [-0.15, -0.1) is 0 Å². The van der Waals surface area contributed by atoms with Crippen molar-refractivity contribution >= 4 is 22.8 Å². The van der Waals surface area contributed by atoms with E-state index >= 15 is 0 Å². The summed E-state index contributed by atoms with van der Waals surface area (Å²) < 4.78 is 9.51. The Labute approximate surface area is 134 Å². The molecule has 1 aliphatic rings. The van der Waals surface area contributed by atoms with Crippen LogP contribution in [0.25, 0.3) is 0 Å². The Kier molecular flexibility index (Phi) is 4.62. The second kappa shape index (κ2) is 6.00. The number of carbonyl (C=O) groups is 1. The van der Waals surface area contributed by atoms with E-state index in [1.165, 1.54) is 16.4 Å². The highest BCUT2D eigenvalue weighted by Gasteiger charge is 2.45. The number of rotatable bonds is 4. The topological polar surface area (TPSA) is 87.6 Å². The molecule has 1 aromatic rings. The van der Waals surface area contributed by atoms with Crippen LogP contribution < -0.4 is 5.32 Å². The lowest BCUT2D eigenvalue weighted by atomic mass is 9.95. The number of aliphatic hydroxyl groups is 1. The number of anilines is 1. The van der Waals surface area contributed by atoms with E-state index in [1.54, 1.807) is 0 Å². The van der Waals surface area contributed by atoms with Crippen LogP contribution in [0.5, 0.6) is 0 Å². The number of hydrogen-bond acceptors (Lipinski definition) is 7. The van der Waals surface area contributed by atoms with Gasteiger partial charge in [0, 0.05) is 24.0 Å². The van der Waals surface area contributed by atoms with Crippen LogP contribution in [0.2, 0.25) is 0 Å². The van der Waals surface area contributed by atoms with Gasteiger partial charge in [0.1, 0.15) is 17.0 Å². The summed E-state index contributed by atoms with van der Waals surface area (Å²) in [5.41, 5.74) is -1.47. The molecule has 1 aromatic heterocycles. The number of amides is 1. The van der Waals surface area contributed by atoms with Gasteiger partial charge in [0.05, 0.1) is 13.1 Å². The van der Waals surface area contributed by atoms with Crippen LogP contribution in [0.4, 0.5) is 9.93 Å². The Balaban J connectivity index is 1.79. The van der Waals surface area contributed by atoms with Crippen molar-refractivity contribution in [2.75, 3.05) is 25.0 Å². The third kappa shape index (κ3) is 4.30. The maximum absolute atomic E-state index is 11.8. The molecule has 0 unspecified atom stereocenters. The molecule has 0 radical (unpaired) electrons. The third-order valence-corrected chi connectivity index (χ3v) is 3.84. The van der Waals surface area contributed by atoms with Crippen LogP contribution in [0.1, 0.15) is 46.4 Å². The summed E-state index contributed by atoms with van der Waals surface area (Å²) in [6.45, 7) is 10.4. The molecule has 0 aliphatic carbocycles. The molecule has 124 valence electrons. The van der Waals surface area contributed by atoms with Crippen LogP contribution in [0, 0.1) is 0 Å². The number of ether oxygens (including phenoxy) is 1. The fourth-order valence-electron chi connectivity index (χ4n) is 2.01. The number of nitrogens with one attached hydrogen (secondary N) is 1. The first kappa shape index (κ1) is 17.0. The first-order chi connectivity index (χ1) is 10.1. The summed E-state index contributed by atoms with van der Waals surface area (Å²) in [6, 6.07) is 0. The van der Waals surface area contributed by atoms with Gasteiger partial charge in [-0.1, -0.05) is 13.8 Å². The predicted molar refractivity (Wildman–Crippen MR) is 85.2 cm³/mol. The van der Waals surface area contributed by atoms with Crippen LogP contribution in [0.15, 0.2) is 0 Å². The van der Waals surface area contributed by atoms with E-state index in [2.05, 4.69) is 14.7 Å².